The van der Waals surface area contributed by atoms with E-state index in [1.165, 1.54) is 44.9 Å². The van der Waals surface area contributed by atoms with Crippen LogP contribution in [0.25, 0.3) is 0 Å². The van der Waals surface area contributed by atoms with E-state index in [0.717, 1.165) is 18.4 Å². The van der Waals surface area contributed by atoms with Crippen molar-refractivity contribution < 1.29 is 0 Å². The second kappa shape index (κ2) is 9.51. The fourth-order valence-corrected chi connectivity index (χ4v) is 2.12. The number of hydrogen-bond acceptors (Lipinski definition) is 1. The average Bonchev–Trinajstić information content (AvgIpc) is 2.13. The molecule has 0 amide bonds. The van der Waals surface area contributed by atoms with Crippen LogP contribution in [0.2, 0.25) is 0 Å². The molecule has 0 aromatic heterocycles. The molecule has 14 heavy (non-hydrogen) atoms. The summed E-state index contributed by atoms with van der Waals surface area (Å²) in [6, 6.07) is 0. The van der Waals surface area contributed by atoms with Gasteiger partial charge in [-0.1, -0.05) is 52.9 Å². The monoisotopic (exact) mass is 199 g/mol. The first-order valence-corrected chi connectivity index (χ1v) is 6.40. The minimum absolute atomic E-state index is 0.856. The van der Waals surface area contributed by atoms with Crippen molar-refractivity contribution >= 4 is 0 Å². The van der Waals surface area contributed by atoms with Crippen LogP contribution in [0.3, 0.4) is 0 Å². The molecule has 0 saturated heterocycles. The first-order chi connectivity index (χ1) is 6.70. The van der Waals surface area contributed by atoms with Crippen molar-refractivity contribution in [3.8, 4) is 0 Å². The van der Waals surface area contributed by atoms with E-state index in [4.69, 9.17) is 5.73 Å². The number of nitrogens with two attached hydrogens (primary N) is 1. The highest BCUT2D eigenvalue weighted by Gasteiger charge is 2.09. The normalized spacial score (nSPS) is 13.5. The first-order valence-electron chi connectivity index (χ1n) is 6.40. The topological polar surface area (TPSA) is 26.0 Å². The van der Waals surface area contributed by atoms with E-state index in [2.05, 4.69) is 20.8 Å². The van der Waals surface area contributed by atoms with Crippen LogP contribution in [0, 0.1) is 11.8 Å². The molecule has 1 nitrogen and oxygen atoms in total. The Balaban J connectivity index is 3.61. The maximum atomic E-state index is 5.52. The molecule has 0 radical (unpaired) electrons. The molecule has 0 aromatic carbocycles. The number of hydrogen-bond donors (Lipinski definition) is 1. The van der Waals surface area contributed by atoms with Crippen LogP contribution in [0.1, 0.15) is 65.7 Å². The third-order valence-corrected chi connectivity index (χ3v) is 2.84. The number of unbranched alkanes of at least 4 members (excludes halogenated alkanes) is 2. The summed E-state index contributed by atoms with van der Waals surface area (Å²) in [6.45, 7) is 7.82. The Kier molecular flexibility index (Phi) is 9.49. The Morgan fingerprint density at radius 3 is 2.14 bits per heavy atom. The van der Waals surface area contributed by atoms with Crippen molar-refractivity contribution in [2.24, 2.45) is 17.6 Å². The lowest BCUT2D eigenvalue weighted by Crippen LogP contribution is -2.06. The van der Waals surface area contributed by atoms with Gasteiger partial charge in [-0.3, -0.25) is 0 Å². The predicted molar refractivity (Wildman–Crippen MR) is 65.4 cm³/mol. The Hall–Kier alpha value is -0.0400. The minimum atomic E-state index is 0.856. The van der Waals surface area contributed by atoms with Crippen LogP contribution >= 0.6 is 0 Å². The van der Waals surface area contributed by atoms with Gasteiger partial charge in [0, 0.05) is 0 Å². The van der Waals surface area contributed by atoms with Crippen molar-refractivity contribution in [2.75, 3.05) is 6.54 Å². The molecule has 0 aliphatic heterocycles. The molecule has 0 aliphatic carbocycles. The largest absolute Gasteiger partial charge is 0.330 e. The molecule has 0 spiro atoms. The maximum absolute atomic E-state index is 5.52. The fraction of sp³-hybridized carbons (Fsp3) is 1.00. The van der Waals surface area contributed by atoms with Gasteiger partial charge in [0.15, 0.2) is 0 Å². The summed E-state index contributed by atoms with van der Waals surface area (Å²) >= 11 is 0. The molecule has 0 rings (SSSR count). The van der Waals surface area contributed by atoms with Gasteiger partial charge < -0.3 is 5.73 Å². The van der Waals surface area contributed by atoms with Crippen LogP contribution in [-0.4, -0.2) is 6.54 Å². The molecule has 86 valence electrons. The van der Waals surface area contributed by atoms with Crippen molar-refractivity contribution in [2.45, 2.75) is 65.7 Å². The van der Waals surface area contributed by atoms with E-state index in [1.807, 2.05) is 0 Å². The van der Waals surface area contributed by atoms with Gasteiger partial charge >= 0.3 is 0 Å². The number of rotatable bonds is 9. The molecule has 0 bridgehead atoms. The quantitative estimate of drug-likeness (QED) is 0.559. The zero-order valence-corrected chi connectivity index (χ0v) is 10.4. The van der Waals surface area contributed by atoms with Crippen LogP contribution in [0.15, 0.2) is 0 Å². The third kappa shape index (κ3) is 8.55. The second-order valence-electron chi connectivity index (χ2n) is 4.92. The van der Waals surface area contributed by atoms with Gasteiger partial charge in [-0.2, -0.15) is 0 Å². The summed E-state index contributed by atoms with van der Waals surface area (Å²) in [5, 5.41) is 0. The van der Waals surface area contributed by atoms with Crippen molar-refractivity contribution in [1.29, 1.82) is 0 Å². The molecule has 0 heterocycles. The van der Waals surface area contributed by atoms with Gasteiger partial charge in [0.25, 0.3) is 0 Å². The zero-order chi connectivity index (χ0) is 10.8. The molecule has 0 aromatic rings. The van der Waals surface area contributed by atoms with Crippen LogP contribution in [-0.2, 0) is 0 Å². The standard InChI is InChI=1S/C13H29N/c1-4-5-8-13(11-12(2)3)9-6-7-10-14/h12-13H,4-11,14H2,1-3H3. The van der Waals surface area contributed by atoms with Crippen molar-refractivity contribution in [3.63, 3.8) is 0 Å². The lowest BCUT2D eigenvalue weighted by atomic mass is 9.88. The van der Waals surface area contributed by atoms with Crippen LogP contribution in [0.4, 0.5) is 0 Å². The van der Waals surface area contributed by atoms with Gasteiger partial charge in [-0.05, 0) is 31.2 Å². The Bertz CT molecular complexity index is 110. The zero-order valence-electron chi connectivity index (χ0n) is 10.4. The van der Waals surface area contributed by atoms with Gasteiger partial charge in [0.05, 0.1) is 0 Å². The highest BCUT2D eigenvalue weighted by Crippen LogP contribution is 2.23. The van der Waals surface area contributed by atoms with E-state index in [-0.39, 0.29) is 0 Å². The maximum Gasteiger partial charge on any atom is -0.00773 e. The van der Waals surface area contributed by atoms with Crippen molar-refractivity contribution in [3.05, 3.63) is 0 Å². The van der Waals surface area contributed by atoms with Gasteiger partial charge in [-0.15, -0.1) is 0 Å². The average molecular weight is 199 g/mol. The summed E-state index contributed by atoms with van der Waals surface area (Å²) in [7, 11) is 0. The lowest BCUT2D eigenvalue weighted by molar-refractivity contribution is 0.345. The van der Waals surface area contributed by atoms with Gasteiger partial charge in [0.2, 0.25) is 0 Å². The van der Waals surface area contributed by atoms with E-state index < -0.39 is 0 Å². The molecule has 1 atom stereocenters. The van der Waals surface area contributed by atoms with Crippen LogP contribution in [0.5, 0.6) is 0 Å². The van der Waals surface area contributed by atoms with E-state index in [9.17, 15) is 0 Å². The SMILES string of the molecule is CCCCC(CCCCN)CC(C)C. The second-order valence-corrected chi connectivity index (χ2v) is 4.92. The minimum Gasteiger partial charge on any atom is -0.330 e. The molecular weight excluding hydrogens is 170 g/mol. The van der Waals surface area contributed by atoms with E-state index in [0.29, 0.717) is 0 Å². The van der Waals surface area contributed by atoms with Crippen LogP contribution < -0.4 is 5.73 Å². The molecule has 2 N–H and O–H groups in total. The Morgan fingerprint density at radius 1 is 1.00 bits per heavy atom. The predicted octanol–water partition coefficient (Wildman–Crippen LogP) is 3.97. The molecule has 0 fully saturated rings. The smallest absolute Gasteiger partial charge is 0.00773 e. The third-order valence-electron chi connectivity index (χ3n) is 2.84. The summed E-state index contributed by atoms with van der Waals surface area (Å²) in [4.78, 5) is 0. The van der Waals surface area contributed by atoms with Gasteiger partial charge in [-0.25, -0.2) is 0 Å². The Labute approximate surface area is 90.5 Å². The highest BCUT2D eigenvalue weighted by atomic mass is 14.5. The molecule has 0 saturated carbocycles. The molecular formula is C13H29N. The van der Waals surface area contributed by atoms with E-state index in [1.54, 1.807) is 0 Å². The highest BCUT2D eigenvalue weighted by molar-refractivity contribution is 4.62. The molecule has 1 unspecified atom stereocenters. The summed E-state index contributed by atoms with van der Waals surface area (Å²) in [6.07, 6.45) is 9.52. The van der Waals surface area contributed by atoms with Gasteiger partial charge in [0.1, 0.15) is 0 Å². The molecule has 1 heteroatoms. The van der Waals surface area contributed by atoms with E-state index >= 15 is 0 Å². The molecule has 0 aliphatic rings. The lowest BCUT2D eigenvalue weighted by Gasteiger charge is -2.18. The summed E-state index contributed by atoms with van der Waals surface area (Å²) in [5.41, 5.74) is 5.52. The summed E-state index contributed by atoms with van der Waals surface area (Å²) in [5.74, 6) is 1.82. The van der Waals surface area contributed by atoms with Crippen molar-refractivity contribution in [1.82, 2.24) is 0 Å². The fourth-order valence-electron chi connectivity index (χ4n) is 2.12. The first kappa shape index (κ1) is 14.0. The Morgan fingerprint density at radius 2 is 1.64 bits per heavy atom. The summed E-state index contributed by atoms with van der Waals surface area (Å²) < 4.78 is 0.